The summed E-state index contributed by atoms with van der Waals surface area (Å²) in [7, 11) is 0. The zero-order valence-corrected chi connectivity index (χ0v) is 9.93. The predicted molar refractivity (Wildman–Crippen MR) is 62.8 cm³/mol. The molecule has 0 spiro atoms. The number of rotatable bonds is 2. The summed E-state index contributed by atoms with van der Waals surface area (Å²) in [4.78, 5) is 20.2. The Labute approximate surface area is 100 Å². The van der Waals surface area contributed by atoms with E-state index < -0.39 is 5.97 Å². The average Bonchev–Trinajstić information content (AvgIpc) is 2.56. The Hall–Kier alpha value is -1.40. The molecule has 0 aliphatic rings. The van der Waals surface area contributed by atoms with Crippen LogP contribution >= 0.6 is 22.9 Å². The summed E-state index contributed by atoms with van der Waals surface area (Å²) in [5, 5.41) is 0. The SMILES string of the molecule is CCOC(=O)c1nc2cc(Cl)sc2nc1N. The molecular weight excluding hydrogens is 250 g/mol. The Kier molecular flexibility index (Phi) is 2.93. The molecule has 2 aromatic rings. The number of ether oxygens (including phenoxy) is 1. The monoisotopic (exact) mass is 257 g/mol. The van der Waals surface area contributed by atoms with E-state index in [-0.39, 0.29) is 18.1 Å². The Balaban J connectivity index is 2.53. The van der Waals surface area contributed by atoms with Crippen LogP contribution in [0, 0.1) is 0 Å². The highest BCUT2D eigenvalue weighted by Crippen LogP contribution is 2.28. The molecular formula is C9H8ClN3O2S. The highest BCUT2D eigenvalue weighted by molar-refractivity contribution is 7.22. The molecule has 2 aromatic heterocycles. The second-order valence-electron chi connectivity index (χ2n) is 2.92. The lowest BCUT2D eigenvalue weighted by atomic mass is 10.4. The number of halogens is 1. The quantitative estimate of drug-likeness (QED) is 0.834. The fraction of sp³-hybridized carbons (Fsp3) is 0.222. The Morgan fingerprint density at radius 2 is 2.38 bits per heavy atom. The topological polar surface area (TPSA) is 78.1 Å². The number of carbonyl (C=O) groups excluding carboxylic acids is 1. The van der Waals surface area contributed by atoms with Crippen molar-refractivity contribution in [1.82, 2.24) is 9.97 Å². The fourth-order valence-electron chi connectivity index (χ4n) is 1.19. The largest absolute Gasteiger partial charge is 0.461 e. The van der Waals surface area contributed by atoms with Gasteiger partial charge in [0.05, 0.1) is 10.9 Å². The van der Waals surface area contributed by atoms with Gasteiger partial charge in [-0.2, -0.15) is 0 Å². The van der Waals surface area contributed by atoms with Gasteiger partial charge in [-0.1, -0.05) is 11.6 Å². The average molecular weight is 258 g/mol. The molecule has 2 rings (SSSR count). The summed E-state index contributed by atoms with van der Waals surface area (Å²) in [5.74, 6) is -0.513. The van der Waals surface area contributed by atoms with E-state index in [2.05, 4.69) is 9.97 Å². The molecule has 5 nitrogen and oxygen atoms in total. The van der Waals surface area contributed by atoms with Crippen LogP contribution in [0.3, 0.4) is 0 Å². The number of aromatic nitrogens is 2. The first-order chi connectivity index (χ1) is 7.61. The van der Waals surface area contributed by atoms with Crippen molar-refractivity contribution in [3.8, 4) is 0 Å². The molecule has 0 saturated carbocycles. The smallest absolute Gasteiger partial charge is 0.360 e. The lowest BCUT2D eigenvalue weighted by Gasteiger charge is -2.03. The maximum atomic E-state index is 11.5. The predicted octanol–water partition coefficient (Wildman–Crippen LogP) is 2.10. The summed E-state index contributed by atoms with van der Waals surface area (Å²) in [6.07, 6.45) is 0. The maximum Gasteiger partial charge on any atom is 0.360 e. The molecule has 16 heavy (non-hydrogen) atoms. The van der Waals surface area contributed by atoms with Crippen molar-refractivity contribution in [3.05, 3.63) is 16.1 Å². The molecule has 0 aliphatic carbocycles. The third kappa shape index (κ3) is 1.94. The number of esters is 1. The van der Waals surface area contributed by atoms with Crippen molar-refractivity contribution < 1.29 is 9.53 Å². The molecule has 7 heteroatoms. The van der Waals surface area contributed by atoms with Gasteiger partial charge in [0.25, 0.3) is 0 Å². The minimum absolute atomic E-state index is 0.0313. The van der Waals surface area contributed by atoms with Crippen molar-refractivity contribution in [2.24, 2.45) is 0 Å². The van der Waals surface area contributed by atoms with Crippen LogP contribution in [0.15, 0.2) is 6.07 Å². The van der Waals surface area contributed by atoms with E-state index in [0.29, 0.717) is 14.7 Å². The number of carbonyl (C=O) groups is 1. The van der Waals surface area contributed by atoms with E-state index in [4.69, 9.17) is 22.1 Å². The van der Waals surface area contributed by atoms with E-state index >= 15 is 0 Å². The summed E-state index contributed by atoms with van der Waals surface area (Å²) >= 11 is 7.07. The molecule has 0 unspecified atom stereocenters. The summed E-state index contributed by atoms with van der Waals surface area (Å²) in [6.45, 7) is 1.98. The van der Waals surface area contributed by atoms with Crippen LogP contribution in [0.25, 0.3) is 10.3 Å². The number of hydrogen-bond donors (Lipinski definition) is 1. The van der Waals surface area contributed by atoms with Gasteiger partial charge in [0.1, 0.15) is 10.3 Å². The first-order valence-corrected chi connectivity index (χ1v) is 5.71. The van der Waals surface area contributed by atoms with Gasteiger partial charge < -0.3 is 10.5 Å². The van der Waals surface area contributed by atoms with Crippen LogP contribution in [0.4, 0.5) is 5.82 Å². The van der Waals surface area contributed by atoms with E-state index in [0.717, 1.165) is 0 Å². The van der Waals surface area contributed by atoms with E-state index in [1.807, 2.05) is 0 Å². The second kappa shape index (κ2) is 4.23. The lowest BCUT2D eigenvalue weighted by molar-refractivity contribution is 0.0521. The lowest BCUT2D eigenvalue weighted by Crippen LogP contribution is -2.11. The summed E-state index contributed by atoms with van der Waals surface area (Å²) < 4.78 is 5.36. The normalized spacial score (nSPS) is 10.6. The number of thiophene rings is 1. The van der Waals surface area contributed by atoms with Gasteiger partial charge in [-0.3, -0.25) is 0 Å². The highest BCUT2D eigenvalue weighted by Gasteiger charge is 2.16. The van der Waals surface area contributed by atoms with Crippen molar-refractivity contribution in [2.45, 2.75) is 6.92 Å². The third-order valence-corrected chi connectivity index (χ3v) is 2.98. The number of nitrogen functional groups attached to an aromatic ring is 1. The van der Waals surface area contributed by atoms with Crippen LogP contribution < -0.4 is 5.73 Å². The highest BCUT2D eigenvalue weighted by atomic mass is 35.5. The van der Waals surface area contributed by atoms with Crippen LogP contribution in [0.1, 0.15) is 17.4 Å². The fourth-order valence-corrected chi connectivity index (χ4v) is 2.22. The molecule has 0 bridgehead atoms. The molecule has 0 fully saturated rings. The van der Waals surface area contributed by atoms with Crippen LogP contribution in [0.2, 0.25) is 4.34 Å². The van der Waals surface area contributed by atoms with Gasteiger partial charge >= 0.3 is 5.97 Å². The number of hydrogen-bond acceptors (Lipinski definition) is 6. The molecule has 0 saturated heterocycles. The minimum atomic E-state index is -0.572. The molecule has 0 atom stereocenters. The maximum absolute atomic E-state index is 11.5. The molecule has 0 aliphatic heterocycles. The number of nitrogens with zero attached hydrogens (tertiary/aromatic N) is 2. The number of anilines is 1. The Bertz CT molecular complexity index is 555. The minimum Gasteiger partial charge on any atom is -0.461 e. The molecule has 2 heterocycles. The third-order valence-electron chi connectivity index (χ3n) is 1.83. The first-order valence-electron chi connectivity index (χ1n) is 4.51. The van der Waals surface area contributed by atoms with Crippen LogP contribution in [0.5, 0.6) is 0 Å². The van der Waals surface area contributed by atoms with E-state index in [1.165, 1.54) is 11.3 Å². The van der Waals surface area contributed by atoms with Gasteiger partial charge in [-0.25, -0.2) is 14.8 Å². The second-order valence-corrected chi connectivity index (χ2v) is 4.58. The molecule has 0 amide bonds. The van der Waals surface area contributed by atoms with Gasteiger partial charge in [-0.15, -0.1) is 11.3 Å². The van der Waals surface area contributed by atoms with E-state index in [1.54, 1.807) is 13.0 Å². The number of fused-ring (bicyclic) bond motifs is 1. The van der Waals surface area contributed by atoms with Crippen LogP contribution in [-0.4, -0.2) is 22.5 Å². The molecule has 2 N–H and O–H groups in total. The molecule has 84 valence electrons. The first kappa shape index (κ1) is 11.1. The van der Waals surface area contributed by atoms with Crippen molar-refractivity contribution in [1.29, 1.82) is 0 Å². The molecule has 0 aromatic carbocycles. The van der Waals surface area contributed by atoms with Gasteiger partial charge in [-0.05, 0) is 13.0 Å². The van der Waals surface area contributed by atoms with Crippen LogP contribution in [-0.2, 0) is 4.74 Å². The zero-order valence-electron chi connectivity index (χ0n) is 8.36. The van der Waals surface area contributed by atoms with Gasteiger partial charge in [0.15, 0.2) is 11.5 Å². The number of nitrogens with two attached hydrogens (primary N) is 1. The van der Waals surface area contributed by atoms with Crippen molar-refractivity contribution in [3.63, 3.8) is 0 Å². The standard InChI is InChI=1S/C9H8ClN3O2S/c1-2-15-9(14)6-7(11)13-8-4(12-6)3-5(10)16-8/h3H,2H2,1H3,(H2,11,13). The van der Waals surface area contributed by atoms with Crippen molar-refractivity contribution in [2.75, 3.05) is 12.3 Å². The Morgan fingerprint density at radius 1 is 1.62 bits per heavy atom. The van der Waals surface area contributed by atoms with Crippen molar-refractivity contribution >= 4 is 45.1 Å². The Morgan fingerprint density at radius 3 is 3.06 bits per heavy atom. The zero-order chi connectivity index (χ0) is 11.7. The summed E-state index contributed by atoms with van der Waals surface area (Å²) in [5.41, 5.74) is 6.20. The van der Waals surface area contributed by atoms with Gasteiger partial charge in [0, 0.05) is 0 Å². The molecule has 0 radical (unpaired) electrons. The summed E-state index contributed by atoms with van der Waals surface area (Å²) in [6, 6.07) is 1.64. The van der Waals surface area contributed by atoms with E-state index in [9.17, 15) is 4.79 Å². The van der Waals surface area contributed by atoms with Gasteiger partial charge in [0.2, 0.25) is 0 Å².